The number of halogens is 3. The monoisotopic (exact) mass is 281 g/mol. The minimum Gasteiger partial charge on any atom is -0.441 e. The summed E-state index contributed by atoms with van der Waals surface area (Å²) in [7, 11) is -5.67. The van der Waals surface area contributed by atoms with Crippen molar-refractivity contribution in [1.82, 2.24) is 4.98 Å². The molecule has 0 amide bonds. The molecule has 2 aromatic rings. The van der Waals surface area contributed by atoms with E-state index in [9.17, 15) is 21.6 Å². The highest BCUT2D eigenvalue weighted by Gasteiger charge is 2.48. The van der Waals surface area contributed by atoms with E-state index in [1.54, 1.807) is 6.92 Å². The van der Waals surface area contributed by atoms with Gasteiger partial charge in [-0.1, -0.05) is 0 Å². The van der Waals surface area contributed by atoms with Crippen LogP contribution >= 0.6 is 0 Å². The zero-order valence-electron chi connectivity index (χ0n) is 8.85. The van der Waals surface area contributed by atoms with Crippen LogP contribution in [0.2, 0.25) is 0 Å². The van der Waals surface area contributed by atoms with Crippen molar-refractivity contribution in [2.24, 2.45) is 0 Å². The molecule has 0 N–H and O–H groups in total. The van der Waals surface area contributed by atoms with E-state index in [-0.39, 0.29) is 5.52 Å². The first-order chi connectivity index (χ1) is 8.19. The molecule has 0 bridgehead atoms. The molecule has 0 unspecified atom stereocenters. The molecule has 0 aliphatic heterocycles. The first-order valence-corrected chi connectivity index (χ1v) is 5.98. The molecule has 1 heterocycles. The molecule has 9 heteroatoms. The normalized spacial score (nSPS) is 12.9. The van der Waals surface area contributed by atoms with Crippen LogP contribution in [0.3, 0.4) is 0 Å². The van der Waals surface area contributed by atoms with Gasteiger partial charge in [-0.25, -0.2) is 4.98 Å². The van der Waals surface area contributed by atoms with E-state index in [0.717, 1.165) is 12.1 Å². The Morgan fingerprint density at radius 1 is 1.33 bits per heavy atom. The Labute approximate surface area is 99.3 Å². The van der Waals surface area contributed by atoms with Gasteiger partial charge >= 0.3 is 15.6 Å². The fraction of sp³-hybridized carbons (Fsp3) is 0.222. The lowest BCUT2D eigenvalue weighted by Gasteiger charge is -2.08. The van der Waals surface area contributed by atoms with E-state index in [0.29, 0.717) is 11.5 Å². The number of benzene rings is 1. The van der Waals surface area contributed by atoms with Crippen molar-refractivity contribution in [2.75, 3.05) is 0 Å². The summed E-state index contributed by atoms with van der Waals surface area (Å²) in [6, 6.07) is 3.38. The van der Waals surface area contributed by atoms with E-state index < -0.39 is 21.4 Å². The Kier molecular flexibility index (Phi) is 2.73. The molecule has 18 heavy (non-hydrogen) atoms. The Morgan fingerprint density at radius 2 is 2.00 bits per heavy atom. The number of nitrogens with zero attached hydrogens (tertiary/aromatic N) is 1. The summed E-state index contributed by atoms with van der Waals surface area (Å²) in [4.78, 5) is 3.84. The second kappa shape index (κ2) is 3.87. The lowest BCUT2D eigenvalue weighted by molar-refractivity contribution is -0.0500. The predicted octanol–water partition coefficient (Wildman–Crippen LogP) is 2.36. The molecule has 0 radical (unpaired) electrons. The largest absolute Gasteiger partial charge is 0.534 e. The van der Waals surface area contributed by atoms with Crippen molar-refractivity contribution in [1.29, 1.82) is 0 Å². The van der Waals surface area contributed by atoms with Crippen molar-refractivity contribution in [3.8, 4) is 5.75 Å². The van der Waals surface area contributed by atoms with Crippen LogP contribution in [0.25, 0.3) is 11.1 Å². The Bertz CT molecular complexity index is 689. The lowest BCUT2D eigenvalue weighted by atomic mass is 10.3. The van der Waals surface area contributed by atoms with Crippen LogP contribution in [0.4, 0.5) is 13.2 Å². The highest BCUT2D eigenvalue weighted by atomic mass is 32.2. The molecular formula is C9H6F3NO4S. The fourth-order valence-electron chi connectivity index (χ4n) is 1.25. The van der Waals surface area contributed by atoms with Crippen LogP contribution in [0.1, 0.15) is 5.89 Å². The van der Waals surface area contributed by atoms with E-state index in [1.165, 1.54) is 6.07 Å². The molecule has 0 atom stereocenters. The fourth-order valence-corrected chi connectivity index (χ4v) is 1.70. The topological polar surface area (TPSA) is 69.4 Å². The number of fused-ring (bicyclic) bond motifs is 1. The molecule has 1 aromatic heterocycles. The van der Waals surface area contributed by atoms with Crippen molar-refractivity contribution < 1.29 is 30.2 Å². The number of oxazole rings is 1. The van der Waals surface area contributed by atoms with Gasteiger partial charge in [-0.05, 0) is 12.1 Å². The molecular weight excluding hydrogens is 275 g/mol. The second-order valence-corrected chi connectivity index (χ2v) is 4.88. The van der Waals surface area contributed by atoms with Crippen molar-refractivity contribution >= 4 is 21.2 Å². The summed E-state index contributed by atoms with van der Waals surface area (Å²) < 4.78 is 66.8. The second-order valence-electron chi connectivity index (χ2n) is 3.35. The number of aromatic nitrogens is 1. The van der Waals surface area contributed by atoms with Crippen molar-refractivity contribution in [2.45, 2.75) is 12.4 Å². The predicted molar refractivity (Wildman–Crippen MR) is 54.3 cm³/mol. The first-order valence-electron chi connectivity index (χ1n) is 4.57. The SMILES string of the molecule is Cc1nc2cc(OS(=O)(=O)C(F)(F)F)ccc2o1. The Balaban J connectivity index is 2.38. The maximum absolute atomic E-state index is 12.1. The van der Waals surface area contributed by atoms with Crippen LogP contribution in [-0.2, 0) is 10.1 Å². The zero-order valence-corrected chi connectivity index (χ0v) is 9.67. The van der Waals surface area contributed by atoms with E-state index in [2.05, 4.69) is 9.17 Å². The van der Waals surface area contributed by atoms with Gasteiger partial charge in [0.15, 0.2) is 11.5 Å². The highest BCUT2D eigenvalue weighted by molar-refractivity contribution is 7.88. The standard InChI is InChI=1S/C9H6F3NO4S/c1-5-13-7-4-6(2-3-8(7)16-5)17-18(14,15)9(10,11)12/h2-4H,1H3. The number of aryl methyl sites for hydroxylation is 1. The van der Waals surface area contributed by atoms with Crippen molar-refractivity contribution in [3.05, 3.63) is 24.1 Å². The van der Waals surface area contributed by atoms with E-state index >= 15 is 0 Å². The van der Waals surface area contributed by atoms with Gasteiger partial charge in [-0.2, -0.15) is 21.6 Å². The van der Waals surface area contributed by atoms with Gasteiger partial charge in [-0.15, -0.1) is 0 Å². The summed E-state index contributed by atoms with van der Waals surface area (Å²) in [5.41, 5.74) is -4.94. The Morgan fingerprint density at radius 3 is 2.61 bits per heavy atom. The van der Waals surface area contributed by atoms with Crippen LogP contribution in [0, 0.1) is 6.92 Å². The summed E-state index contributed by atoms with van der Waals surface area (Å²) in [6.07, 6.45) is 0. The molecule has 0 spiro atoms. The van der Waals surface area contributed by atoms with Gasteiger partial charge in [0.25, 0.3) is 0 Å². The maximum Gasteiger partial charge on any atom is 0.534 e. The van der Waals surface area contributed by atoms with Crippen LogP contribution in [-0.4, -0.2) is 18.9 Å². The average Bonchev–Trinajstić information content (AvgIpc) is 2.54. The molecule has 0 aliphatic carbocycles. The maximum atomic E-state index is 12.1. The van der Waals surface area contributed by atoms with Crippen molar-refractivity contribution in [3.63, 3.8) is 0 Å². The lowest BCUT2D eigenvalue weighted by Crippen LogP contribution is -2.28. The molecule has 2 rings (SSSR count). The third kappa shape index (κ3) is 2.26. The zero-order chi connectivity index (χ0) is 13.6. The molecule has 5 nitrogen and oxygen atoms in total. The van der Waals surface area contributed by atoms with E-state index in [1.807, 2.05) is 0 Å². The van der Waals surface area contributed by atoms with Crippen LogP contribution < -0.4 is 4.18 Å². The molecule has 0 saturated carbocycles. The van der Waals surface area contributed by atoms with Gasteiger partial charge in [0, 0.05) is 13.0 Å². The minimum atomic E-state index is -5.67. The number of rotatable bonds is 2. The Hall–Kier alpha value is -1.77. The number of hydrogen-bond acceptors (Lipinski definition) is 5. The van der Waals surface area contributed by atoms with Gasteiger partial charge < -0.3 is 8.60 Å². The first kappa shape index (κ1) is 12.7. The number of hydrogen-bond donors (Lipinski definition) is 0. The molecule has 0 saturated heterocycles. The van der Waals surface area contributed by atoms with Crippen LogP contribution in [0.15, 0.2) is 22.6 Å². The quantitative estimate of drug-likeness (QED) is 0.624. The molecule has 0 fully saturated rings. The number of alkyl halides is 3. The van der Waals surface area contributed by atoms with Gasteiger partial charge in [-0.3, -0.25) is 0 Å². The third-order valence-corrected chi connectivity index (χ3v) is 2.93. The average molecular weight is 281 g/mol. The van der Waals surface area contributed by atoms with Crippen LogP contribution in [0.5, 0.6) is 5.75 Å². The minimum absolute atomic E-state index is 0.211. The molecule has 1 aromatic carbocycles. The summed E-state index contributed by atoms with van der Waals surface area (Å²) >= 11 is 0. The third-order valence-electron chi connectivity index (χ3n) is 1.96. The van der Waals surface area contributed by atoms with Gasteiger partial charge in [0.05, 0.1) is 0 Å². The van der Waals surface area contributed by atoms with Gasteiger partial charge in [0.1, 0.15) is 11.3 Å². The molecule has 0 aliphatic rings. The summed E-state index contributed by atoms with van der Waals surface area (Å²) in [5, 5.41) is 0. The van der Waals surface area contributed by atoms with Gasteiger partial charge in [0.2, 0.25) is 0 Å². The van der Waals surface area contributed by atoms with E-state index in [4.69, 9.17) is 4.42 Å². The summed E-state index contributed by atoms with van der Waals surface area (Å²) in [6.45, 7) is 1.55. The smallest absolute Gasteiger partial charge is 0.441 e. The molecule has 98 valence electrons. The summed E-state index contributed by atoms with van der Waals surface area (Å²) in [5.74, 6) is -0.172. The highest BCUT2D eigenvalue weighted by Crippen LogP contribution is 2.28.